The standard InChI is InChI=1S/C57H38N2/c1-57(2)51-33-45-42-22-12-10-20-40(42)39-19-9-11-21-41(39)44(45)31-46(51)47-32-50-49-30-36(26-28-55(49)59(56(50)34-52(47)57)38-17-7-4-8-18-38)35-25-27-54-48(29-35)43-23-13-14-24-53(43)58(54)37-15-5-3-6-16-37/h3-34H,1-2H3. The highest BCUT2D eigenvalue weighted by Crippen LogP contribution is 2.53. The third-order valence-corrected chi connectivity index (χ3v) is 13.5. The van der Waals surface area contributed by atoms with Crippen molar-refractivity contribution in [3.05, 3.63) is 205 Å². The summed E-state index contributed by atoms with van der Waals surface area (Å²) in [7, 11) is 0. The lowest BCUT2D eigenvalue weighted by Gasteiger charge is -2.22. The first-order chi connectivity index (χ1) is 29.0. The van der Waals surface area contributed by atoms with Crippen LogP contribution >= 0.6 is 0 Å². The Hall–Kier alpha value is -7.42. The maximum atomic E-state index is 2.51. The molecular formula is C57H38N2. The second-order valence-electron chi connectivity index (χ2n) is 16.9. The number of benzene rings is 10. The van der Waals surface area contributed by atoms with Gasteiger partial charge in [-0.25, -0.2) is 0 Å². The summed E-state index contributed by atoms with van der Waals surface area (Å²) in [6.45, 7) is 4.83. The molecule has 2 nitrogen and oxygen atoms in total. The number of rotatable bonds is 3. The van der Waals surface area contributed by atoms with Crippen molar-refractivity contribution in [1.82, 2.24) is 9.13 Å². The summed E-state index contributed by atoms with van der Waals surface area (Å²) in [4.78, 5) is 0. The van der Waals surface area contributed by atoms with Gasteiger partial charge in [-0.1, -0.05) is 129 Å². The number of nitrogens with zero attached hydrogens (tertiary/aromatic N) is 2. The molecule has 276 valence electrons. The quantitative estimate of drug-likeness (QED) is 0.159. The molecule has 0 saturated carbocycles. The van der Waals surface area contributed by atoms with Crippen molar-refractivity contribution in [3.63, 3.8) is 0 Å². The van der Waals surface area contributed by atoms with Crippen molar-refractivity contribution < 1.29 is 0 Å². The van der Waals surface area contributed by atoms with Gasteiger partial charge in [0.05, 0.1) is 22.1 Å². The van der Waals surface area contributed by atoms with Gasteiger partial charge in [-0.15, -0.1) is 0 Å². The van der Waals surface area contributed by atoms with E-state index >= 15 is 0 Å². The molecular weight excluding hydrogens is 713 g/mol. The van der Waals surface area contributed by atoms with Crippen LogP contribution in [0, 0.1) is 0 Å². The van der Waals surface area contributed by atoms with Gasteiger partial charge in [0, 0.05) is 38.3 Å². The van der Waals surface area contributed by atoms with Gasteiger partial charge < -0.3 is 9.13 Å². The first kappa shape index (κ1) is 32.6. The zero-order valence-electron chi connectivity index (χ0n) is 32.9. The molecule has 1 aliphatic carbocycles. The van der Waals surface area contributed by atoms with E-state index in [0.29, 0.717) is 0 Å². The molecule has 0 aliphatic heterocycles. The van der Waals surface area contributed by atoms with Crippen LogP contribution < -0.4 is 0 Å². The molecule has 0 spiro atoms. The van der Waals surface area contributed by atoms with Gasteiger partial charge in [-0.05, 0) is 145 Å². The lowest BCUT2D eigenvalue weighted by Crippen LogP contribution is -2.15. The first-order valence-electron chi connectivity index (χ1n) is 20.7. The highest BCUT2D eigenvalue weighted by Gasteiger charge is 2.37. The molecule has 2 heteroatoms. The van der Waals surface area contributed by atoms with E-state index in [0.717, 1.165) is 0 Å². The van der Waals surface area contributed by atoms with E-state index in [1.54, 1.807) is 0 Å². The molecule has 2 aromatic heterocycles. The maximum absolute atomic E-state index is 2.51. The van der Waals surface area contributed by atoms with Crippen LogP contribution in [0.3, 0.4) is 0 Å². The SMILES string of the molecule is CC1(C)c2cc3c4ccccc4c4ccccc4c3cc2-c2cc3c4cc(-c5ccc6c(c5)c5ccccc5n6-c5ccccc5)ccc4n(-c4ccccc4)c3cc21. The summed E-state index contributed by atoms with van der Waals surface area (Å²) >= 11 is 0. The minimum absolute atomic E-state index is 0.183. The van der Waals surface area contributed by atoms with Gasteiger partial charge >= 0.3 is 0 Å². The molecule has 1 aliphatic rings. The number of hydrogen-bond donors (Lipinski definition) is 0. The highest BCUT2D eigenvalue weighted by atomic mass is 15.0. The Labute approximate surface area is 341 Å². The molecule has 12 aromatic rings. The van der Waals surface area contributed by atoms with E-state index in [9.17, 15) is 0 Å². The van der Waals surface area contributed by atoms with E-state index in [1.807, 2.05) is 0 Å². The van der Waals surface area contributed by atoms with Crippen molar-refractivity contribution in [2.45, 2.75) is 19.3 Å². The monoisotopic (exact) mass is 750 g/mol. The van der Waals surface area contributed by atoms with Crippen LogP contribution in [0.25, 0.3) is 110 Å². The van der Waals surface area contributed by atoms with Crippen LogP contribution in [-0.4, -0.2) is 9.13 Å². The molecule has 0 bridgehead atoms. The lowest BCUT2D eigenvalue weighted by molar-refractivity contribution is 0.662. The Morgan fingerprint density at radius 2 is 0.678 bits per heavy atom. The van der Waals surface area contributed by atoms with Crippen molar-refractivity contribution in [2.75, 3.05) is 0 Å². The summed E-state index contributed by atoms with van der Waals surface area (Å²) in [6.07, 6.45) is 0. The molecule has 13 rings (SSSR count). The summed E-state index contributed by atoms with van der Waals surface area (Å²) in [5, 5.41) is 13.0. The van der Waals surface area contributed by atoms with Crippen molar-refractivity contribution in [3.8, 4) is 33.6 Å². The van der Waals surface area contributed by atoms with Crippen LogP contribution in [-0.2, 0) is 5.41 Å². The molecule has 10 aromatic carbocycles. The predicted molar refractivity (Wildman–Crippen MR) is 251 cm³/mol. The zero-order chi connectivity index (χ0) is 39.0. The molecule has 0 radical (unpaired) electrons. The van der Waals surface area contributed by atoms with Gasteiger partial charge in [0.25, 0.3) is 0 Å². The van der Waals surface area contributed by atoms with Gasteiger partial charge in [-0.3, -0.25) is 0 Å². The summed E-state index contributed by atoms with van der Waals surface area (Å²) in [6, 6.07) is 72.3. The zero-order valence-corrected chi connectivity index (χ0v) is 32.9. The van der Waals surface area contributed by atoms with Crippen molar-refractivity contribution in [1.29, 1.82) is 0 Å². The molecule has 0 saturated heterocycles. The fraction of sp³-hybridized carbons (Fsp3) is 0.0526. The average Bonchev–Trinajstić information content (AvgIpc) is 3.87. The van der Waals surface area contributed by atoms with Crippen LogP contribution in [0.5, 0.6) is 0 Å². The fourth-order valence-corrected chi connectivity index (χ4v) is 10.7. The third kappa shape index (κ3) is 4.46. The number of hydrogen-bond acceptors (Lipinski definition) is 0. The second-order valence-corrected chi connectivity index (χ2v) is 16.9. The van der Waals surface area contributed by atoms with Crippen LogP contribution in [0.4, 0.5) is 0 Å². The smallest absolute Gasteiger partial charge is 0.0544 e. The summed E-state index contributed by atoms with van der Waals surface area (Å²) in [5.74, 6) is 0. The van der Waals surface area contributed by atoms with Crippen LogP contribution in [0.1, 0.15) is 25.0 Å². The van der Waals surface area contributed by atoms with Crippen molar-refractivity contribution in [2.24, 2.45) is 0 Å². The maximum Gasteiger partial charge on any atom is 0.0544 e. The van der Waals surface area contributed by atoms with E-state index in [4.69, 9.17) is 0 Å². The number of aromatic nitrogens is 2. The Morgan fingerprint density at radius 3 is 1.25 bits per heavy atom. The largest absolute Gasteiger partial charge is 0.309 e. The molecule has 0 fully saturated rings. The van der Waals surface area contributed by atoms with Gasteiger partial charge in [-0.2, -0.15) is 0 Å². The van der Waals surface area contributed by atoms with Crippen molar-refractivity contribution >= 4 is 75.9 Å². The molecule has 0 amide bonds. The lowest BCUT2D eigenvalue weighted by atomic mass is 9.81. The molecule has 59 heavy (non-hydrogen) atoms. The van der Waals surface area contributed by atoms with Crippen LogP contribution in [0.2, 0.25) is 0 Å². The highest BCUT2D eigenvalue weighted by molar-refractivity contribution is 6.26. The topological polar surface area (TPSA) is 9.86 Å². The van der Waals surface area contributed by atoms with Gasteiger partial charge in [0.1, 0.15) is 0 Å². The predicted octanol–water partition coefficient (Wildman–Crippen LogP) is 15.3. The van der Waals surface area contributed by atoms with E-state index in [2.05, 4.69) is 217 Å². The van der Waals surface area contributed by atoms with Crippen LogP contribution in [0.15, 0.2) is 194 Å². The normalized spacial score (nSPS) is 13.4. The van der Waals surface area contributed by atoms with Gasteiger partial charge in [0.15, 0.2) is 0 Å². The third-order valence-electron chi connectivity index (χ3n) is 13.5. The Kier molecular flexibility index (Phi) is 6.54. The van der Waals surface area contributed by atoms with E-state index in [-0.39, 0.29) is 5.41 Å². The second kappa shape index (κ2) is 11.8. The Morgan fingerprint density at radius 1 is 0.288 bits per heavy atom. The number of fused-ring (bicyclic) bond motifs is 15. The fourth-order valence-electron chi connectivity index (χ4n) is 10.7. The van der Waals surface area contributed by atoms with E-state index in [1.165, 1.54) is 121 Å². The minimum Gasteiger partial charge on any atom is -0.309 e. The first-order valence-corrected chi connectivity index (χ1v) is 20.7. The Bertz CT molecular complexity index is 3730. The molecule has 0 atom stereocenters. The minimum atomic E-state index is -0.183. The summed E-state index contributed by atoms with van der Waals surface area (Å²) in [5.41, 5.74) is 14.9. The molecule has 2 heterocycles. The van der Waals surface area contributed by atoms with Gasteiger partial charge in [0.2, 0.25) is 0 Å². The molecule has 0 unspecified atom stereocenters. The molecule has 0 N–H and O–H groups in total. The number of para-hydroxylation sites is 3. The summed E-state index contributed by atoms with van der Waals surface area (Å²) < 4.78 is 4.86. The average molecular weight is 751 g/mol. The van der Waals surface area contributed by atoms with E-state index < -0.39 is 0 Å². The Balaban J connectivity index is 1.07.